The predicted octanol–water partition coefficient (Wildman–Crippen LogP) is 3.94. The first-order chi connectivity index (χ1) is 10.00. The maximum absolute atomic E-state index is 11.9. The highest BCUT2D eigenvalue weighted by Gasteiger charge is 2.12. The van der Waals surface area contributed by atoms with Crippen molar-refractivity contribution in [3.05, 3.63) is 54.1 Å². The summed E-state index contributed by atoms with van der Waals surface area (Å²) in [5.41, 5.74) is 1.59. The Morgan fingerprint density at radius 2 is 1.71 bits per heavy atom. The van der Waals surface area contributed by atoms with Crippen molar-refractivity contribution < 1.29 is 13.2 Å². The van der Waals surface area contributed by atoms with Crippen LogP contribution in [0.1, 0.15) is 18.9 Å². The highest BCUT2D eigenvalue weighted by atomic mass is 32.2. The third-order valence-corrected chi connectivity index (χ3v) is 4.35. The van der Waals surface area contributed by atoms with Crippen LogP contribution in [0, 0.1) is 6.92 Å². The Balaban J connectivity index is 2.23. The van der Waals surface area contributed by atoms with Gasteiger partial charge < -0.3 is 4.74 Å². The largest absolute Gasteiger partial charge is 0.455 e. The number of benzene rings is 2. The van der Waals surface area contributed by atoms with Gasteiger partial charge in [-0.3, -0.25) is 4.72 Å². The highest BCUT2D eigenvalue weighted by Crippen LogP contribution is 2.30. The topological polar surface area (TPSA) is 55.4 Å². The SMILES string of the molecule is CCCS(=O)(=O)Nc1ccccc1Oc1ccc(C)cc1. The zero-order valence-electron chi connectivity index (χ0n) is 12.2. The van der Waals surface area contributed by atoms with Gasteiger partial charge in [0, 0.05) is 0 Å². The molecule has 2 aromatic carbocycles. The van der Waals surface area contributed by atoms with Crippen LogP contribution in [0.15, 0.2) is 48.5 Å². The fourth-order valence-electron chi connectivity index (χ4n) is 1.86. The van der Waals surface area contributed by atoms with Crippen LogP contribution in [0.25, 0.3) is 0 Å². The highest BCUT2D eigenvalue weighted by molar-refractivity contribution is 7.92. The summed E-state index contributed by atoms with van der Waals surface area (Å²) in [5, 5.41) is 0. The molecule has 0 saturated heterocycles. The van der Waals surface area contributed by atoms with Gasteiger partial charge in [-0.05, 0) is 37.6 Å². The molecule has 0 unspecified atom stereocenters. The second-order valence-corrected chi connectivity index (χ2v) is 6.67. The molecule has 0 bridgehead atoms. The lowest BCUT2D eigenvalue weighted by Crippen LogP contribution is -2.16. The lowest BCUT2D eigenvalue weighted by atomic mass is 10.2. The molecule has 0 heterocycles. The molecule has 1 N–H and O–H groups in total. The molecule has 112 valence electrons. The quantitative estimate of drug-likeness (QED) is 0.879. The maximum Gasteiger partial charge on any atom is 0.232 e. The van der Waals surface area contributed by atoms with E-state index in [-0.39, 0.29) is 5.75 Å². The van der Waals surface area contributed by atoms with Gasteiger partial charge in [0.05, 0.1) is 11.4 Å². The molecule has 0 atom stereocenters. The summed E-state index contributed by atoms with van der Waals surface area (Å²) in [6.45, 7) is 3.82. The van der Waals surface area contributed by atoms with Crippen LogP contribution in [-0.4, -0.2) is 14.2 Å². The molecule has 0 radical (unpaired) electrons. The van der Waals surface area contributed by atoms with Gasteiger partial charge >= 0.3 is 0 Å². The molecule has 4 nitrogen and oxygen atoms in total. The molecule has 2 rings (SSSR count). The van der Waals surface area contributed by atoms with Crippen molar-refractivity contribution in [2.24, 2.45) is 0 Å². The van der Waals surface area contributed by atoms with E-state index in [1.807, 2.05) is 38.1 Å². The average Bonchev–Trinajstić information content (AvgIpc) is 2.43. The number of anilines is 1. The van der Waals surface area contributed by atoms with Crippen molar-refractivity contribution in [3.63, 3.8) is 0 Å². The number of aryl methyl sites for hydroxylation is 1. The number of hydrogen-bond donors (Lipinski definition) is 1. The second-order valence-electron chi connectivity index (χ2n) is 4.83. The smallest absolute Gasteiger partial charge is 0.232 e. The average molecular weight is 305 g/mol. The number of para-hydroxylation sites is 2. The third kappa shape index (κ3) is 4.49. The van der Waals surface area contributed by atoms with Crippen LogP contribution in [0.5, 0.6) is 11.5 Å². The van der Waals surface area contributed by atoms with Gasteiger partial charge in [0.25, 0.3) is 0 Å². The summed E-state index contributed by atoms with van der Waals surface area (Å²) in [4.78, 5) is 0. The Morgan fingerprint density at radius 3 is 2.38 bits per heavy atom. The first-order valence-corrected chi connectivity index (χ1v) is 8.49. The third-order valence-electron chi connectivity index (χ3n) is 2.87. The molecule has 0 aliphatic carbocycles. The van der Waals surface area contributed by atoms with Crippen molar-refractivity contribution in [2.75, 3.05) is 10.5 Å². The Kier molecular flexibility index (Phi) is 4.85. The van der Waals surface area contributed by atoms with E-state index in [9.17, 15) is 8.42 Å². The van der Waals surface area contributed by atoms with Crippen LogP contribution in [0.2, 0.25) is 0 Å². The Bertz CT molecular complexity index is 694. The molecule has 21 heavy (non-hydrogen) atoms. The minimum Gasteiger partial charge on any atom is -0.455 e. The number of nitrogens with one attached hydrogen (secondary N) is 1. The van der Waals surface area contributed by atoms with Crippen LogP contribution in [-0.2, 0) is 10.0 Å². The molecule has 5 heteroatoms. The number of rotatable bonds is 6. The molecule has 0 amide bonds. The van der Waals surface area contributed by atoms with Crippen molar-refractivity contribution in [2.45, 2.75) is 20.3 Å². The summed E-state index contributed by atoms with van der Waals surface area (Å²) in [7, 11) is -3.34. The summed E-state index contributed by atoms with van der Waals surface area (Å²) in [6, 6.07) is 14.6. The van der Waals surface area contributed by atoms with E-state index in [1.54, 1.807) is 24.3 Å². The lowest BCUT2D eigenvalue weighted by Gasteiger charge is -2.13. The second kappa shape index (κ2) is 6.63. The van der Waals surface area contributed by atoms with Crippen LogP contribution in [0.3, 0.4) is 0 Å². The molecule has 0 fully saturated rings. The van der Waals surface area contributed by atoms with E-state index < -0.39 is 10.0 Å². The first kappa shape index (κ1) is 15.4. The molecule has 0 aliphatic heterocycles. The maximum atomic E-state index is 11.9. The van der Waals surface area contributed by atoms with Gasteiger partial charge in [-0.15, -0.1) is 0 Å². The van der Waals surface area contributed by atoms with Gasteiger partial charge in [0.2, 0.25) is 10.0 Å². The zero-order valence-corrected chi connectivity index (χ0v) is 13.0. The monoisotopic (exact) mass is 305 g/mol. The molecule has 0 aliphatic rings. The molecular formula is C16H19NO3S. The standard InChI is InChI=1S/C16H19NO3S/c1-3-12-21(18,19)17-15-6-4-5-7-16(15)20-14-10-8-13(2)9-11-14/h4-11,17H,3,12H2,1-2H3. The van der Waals surface area contributed by atoms with Gasteiger partial charge in [-0.2, -0.15) is 0 Å². The van der Waals surface area contributed by atoms with Gasteiger partial charge in [0.1, 0.15) is 5.75 Å². The van der Waals surface area contributed by atoms with Crippen LogP contribution < -0.4 is 9.46 Å². The molecule has 0 saturated carbocycles. The number of hydrogen-bond acceptors (Lipinski definition) is 3. The Labute approximate surface area is 125 Å². The summed E-state index contributed by atoms with van der Waals surface area (Å²) < 4.78 is 32.1. The summed E-state index contributed by atoms with van der Waals surface area (Å²) >= 11 is 0. The van der Waals surface area contributed by atoms with Crippen LogP contribution >= 0.6 is 0 Å². The predicted molar refractivity (Wildman–Crippen MR) is 85.4 cm³/mol. The lowest BCUT2D eigenvalue weighted by molar-refractivity contribution is 0.484. The minimum atomic E-state index is -3.34. The normalized spacial score (nSPS) is 11.1. The van der Waals surface area contributed by atoms with Gasteiger partial charge in [-0.1, -0.05) is 36.8 Å². The molecule has 0 spiro atoms. The Hall–Kier alpha value is -2.01. The minimum absolute atomic E-state index is 0.0892. The van der Waals surface area contributed by atoms with E-state index in [2.05, 4.69) is 4.72 Å². The molecule has 2 aromatic rings. The van der Waals surface area contributed by atoms with E-state index in [1.165, 1.54) is 0 Å². The first-order valence-electron chi connectivity index (χ1n) is 6.84. The van der Waals surface area contributed by atoms with E-state index in [4.69, 9.17) is 4.74 Å². The zero-order chi connectivity index (χ0) is 15.3. The van der Waals surface area contributed by atoms with Crippen molar-refractivity contribution in [1.82, 2.24) is 0 Å². The van der Waals surface area contributed by atoms with Gasteiger partial charge in [-0.25, -0.2) is 8.42 Å². The van der Waals surface area contributed by atoms with Crippen molar-refractivity contribution in [1.29, 1.82) is 0 Å². The molecule has 0 aromatic heterocycles. The fourth-order valence-corrected chi connectivity index (χ4v) is 3.00. The van der Waals surface area contributed by atoms with Crippen molar-refractivity contribution >= 4 is 15.7 Å². The van der Waals surface area contributed by atoms with Crippen molar-refractivity contribution in [3.8, 4) is 11.5 Å². The van der Waals surface area contributed by atoms with E-state index in [0.717, 1.165) is 5.56 Å². The summed E-state index contributed by atoms with van der Waals surface area (Å²) in [6.07, 6.45) is 0.566. The summed E-state index contributed by atoms with van der Waals surface area (Å²) in [5.74, 6) is 1.25. The van der Waals surface area contributed by atoms with Crippen LogP contribution in [0.4, 0.5) is 5.69 Å². The number of sulfonamides is 1. The molecular weight excluding hydrogens is 286 g/mol. The van der Waals surface area contributed by atoms with E-state index in [0.29, 0.717) is 23.6 Å². The van der Waals surface area contributed by atoms with Gasteiger partial charge in [0.15, 0.2) is 5.75 Å². The van der Waals surface area contributed by atoms with E-state index >= 15 is 0 Å². The Morgan fingerprint density at radius 1 is 1.05 bits per heavy atom. The fraction of sp³-hybridized carbons (Fsp3) is 0.250. The number of ether oxygens (including phenoxy) is 1.